The SMILES string of the molecule is OC1COCC1S. The molecule has 1 N–H and O–H groups in total. The van der Waals surface area contributed by atoms with Crippen LogP contribution in [0.15, 0.2) is 0 Å². The molecule has 1 aliphatic heterocycles. The van der Waals surface area contributed by atoms with Crippen molar-refractivity contribution in [3.63, 3.8) is 0 Å². The summed E-state index contributed by atoms with van der Waals surface area (Å²) in [5.74, 6) is 0. The van der Waals surface area contributed by atoms with E-state index >= 15 is 0 Å². The topological polar surface area (TPSA) is 29.5 Å². The van der Waals surface area contributed by atoms with Gasteiger partial charge in [-0.05, 0) is 0 Å². The fourth-order valence-corrected chi connectivity index (χ4v) is 0.723. The van der Waals surface area contributed by atoms with Crippen LogP contribution < -0.4 is 0 Å². The minimum absolute atomic E-state index is 0.0417. The van der Waals surface area contributed by atoms with Gasteiger partial charge in [-0.25, -0.2) is 0 Å². The maximum atomic E-state index is 8.80. The summed E-state index contributed by atoms with van der Waals surface area (Å²) in [4.78, 5) is 0. The van der Waals surface area contributed by atoms with Crippen LogP contribution >= 0.6 is 12.6 Å². The second kappa shape index (κ2) is 2.03. The Morgan fingerprint density at radius 3 is 2.43 bits per heavy atom. The first-order chi connectivity index (χ1) is 3.30. The lowest BCUT2D eigenvalue weighted by Crippen LogP contribution is -2.16. The summed E-state index contributed by atoms with van der Waals surface area (Å²) in [6.45, 7) is 1.04. The molecule has 0 aliphatic carbocycles. The molecule has 0 spiro atoms. The van der Waals surface area contributed by atoms with Crippen molar-refractivity contribution in [3.05, 3.63) is 0 Å². The van der Waals surface area contributed by atoms with E-state index in [-0.39, 0.29) is 11.4 Å². The number of hydrogen-bond acceptors (Lipinski definition) is 3. The first-order valence-electron chi connectivity index (χ1n) is 2.24. The molecule has 1 saturated heterocycles. The summed E-state index contributed by atoms with van der Waals surface area (Å²) in [5.41, 5.74) is 0. The molecule has 2 nitrogen and oxygen atoms in total. The van der Waals surface area contributed by atoms with Gasteiger partial charge < -0.3 is 9.84 Å². The van der Waals surface area contributed by atoms with Gasteiger partial charge in [0.15, 0.2) is 0 Å². The molecule has 1 heterocycles. The van der Waals surface area contributed by atoms with Crippen LogP contribution in [0.2, 0.25) is 0 Å². The molecule has 1 rings (SSSR count). The molecule has 1 fully saturated rings. The van der Waals surface area contributed by atoms with Crippen LogP contribution in [0.25, 0.3) is 0 Å². The molecule has 42 valence electrons. The summed E-state index contributed by atoms with van der Waals surface area (Å²) < 4.78 is 4.84. The maximum absolute atomic E-state index is 8.80. The zero-order chi connectivity index (χ0) is 5.28. The van der Waals surface area contributed by atoms with Gasteiger partial charge in [-0.1, -0.05) is 0 Å². The molecular formula is C4H8O2S. The van der Waals surface area contributed by atoms with Crippen molar-refractivity contribution in [1.82, 2.24) is 0 Å². The molecule has 0 bridgehead atoms. The third-order valence-corrected chi connectivity index (χ3v) is 1.51. The number of thiol groups is 1. The highest BCUT2D eigenvalue weighted by Gasteiger charge is 2.21. The van der Waals surface area contributed by atoms with Crippen molar-refractivity contribution in [2.75, 3.05) is 13.2 Å². The van der Waals surface area contributed by atoms with Gasteiger partial charge in [-0.2, -0.15) is 12.6 Å². The van der Waals surface area contributed by atoms with Gasteiger partial charge in [0.05, 0.1) is 24.6 Å². The third-order valence-electron chi connectivity index (χ3n) is 1.02. The molecule has 3 heteroatoms. The number of aliphatic hydroxyl groups excluding tert-OH is 1. The highest BCUT2D eigenvalue weighted by atomic mass is 32.1. The van der Waals surface area contributed by atoms with Gasteiger partial charge in [0, 0.05) is 0 Å². The van der Waals surface area contributed by atoms with E-state index in [4.69, 9.17) is 9.84 Å². The lowest BCUT2D eigenvalue weighted by molar-refractivity contribution is 0.127. The Hall–Kier alpha value is 0.270. The highest BCUT2D eigenvalue weighted by molar-refractivity contribution is 7.81. The van der Waals surface area contributed by atoms with Crippen molar-refractivity contribution in [2.45, 2.75) is 11.4 Å². The van der Waals surface area contributed by atoms with Gasteiger partial charge in [-0.15, -0.1) is 0 Å². The summed E-state index contributed by atoms with van der Waals surface area (Å²) in [6, 6.07) is 0. The molecule has 0 saturated carbocycles. The number of hydrogen-bond donors (Lipinski definition) is 2. The molecule has 2 unspecified atom stereocenters. The lowest BCUT2D eigenvalue weighted by atomic mass is 10.3. The summed E-state index contributed by atoms with van der Waals surface area (Å²) >= 11 is 4.01. The fourth-order valence-electron chi connectivity index (χ4n) is 0.532. The van der Waals surface area contributed by atoms with Gasteiger partial charge >= 0.3 is 0 Å². The summed E-state index contributed by atoms with van der Waals surface area (Å²) in [5, 5.41) is 8.84. The Morgan fingerprint density at radius 1 is 1.57 bits per heavy atom. The van der Waals surface area contributed by atoms with Crippen LogP contribution in [0, 0.1) is 0 Å². The molecule has 0 aromatic carbocycles. The quantitative estimate of drug-likeness (QED) is 0.429. The zero-order valence-corrected chi connectivity index (χ0v) is 4.77. The van der Waals surface area contributed by atoms with E-state index in [2.05, 4.69) is 12.6 Å². The third kappa shape index (κ3) is 1.08. The predicted octanol–water partition coefficient (Wildman–Crippen LogP) is -0.324. The molecule has 0 aromatic heterocycles. The van der Waals surface area contributed by atoms with Crippen molar-refractivity contribution in [2.24, 2.45) is 0 Å². The van der Waals surface area contributed by atoms with Crippen LogP contribution in [-0.4, -0.2) is 29.7 Å². The molecular weight excluding hydrogens is 112 g/mol. The largest absolute Gasteiger partial charge is 0.389 e. The highest BCUT2D eigenvalue weighted by Crippen LogP contribution is 2.09. The molecule has 0 amide bonds. The number of rotatable bonds is 0. The normalized spacial score (nSPS) is 42.0. The second-order valence-electron chi connectivity index (χ2n) is 1.67. The van der Waals surface area contributed by atoms with Crippen molar-refractivity contribution in [3.8, 4) is 0 Å². The van der Waals surface area contributed by atoms with E-state index < -0.39 is 0 Å². The minimum atomic E-state index is -0.344. The molecule has 0 radical (unpaired) electrons. The second-order valence-corrected chi connectivity index (χ2v) is 2.34. The number of ether oxygens (including phenoxy) is 1. The smallest absolute Gasteiger partial charge is 0.0911 e. The predicted molar refractivity (Wildman–Crippen MR) is 29.6 cm³/mol. The van der Waals surface area contributed by atoms with E-state index in [1.54, 1.807) is 0 Å². The molecule has 7 heavy (non-hydrogen) atoms. The van der Waals surface area contributed by atoms with Crippen LogP contribution in [-0.2, 0) is 4.74 Å². The van der Waals surface area contributed by atoms with Crippen LogP contribution in [0.5, 0.6) is 0 Å². The average Bonchev–Trinajstić information content (AvgIpc) is 1.91. The van der Waals surface area contributed by atoms with Gasteiger partial charge in [0.2, 0.25) is 0 Å². The summed E-state index contributed by atoms with van der Waals surface area (Å²) in [6.07, 6.45) is -0.344. The van der Waals surface area contributed by atoms with Crippen molar-refractivity contribution < 1.29 is 9.84 Å². The van der Waals surface area contributed by atoms with E-state index in [1.807, 2.05) is 0 Å². The Balaban J connectivity index is 2.33. The Labute approximate surface area is 47.9 Å². The first-order valence-corrected chi connectivity index (χ1v) is 2.76. The Kier molecular flexibility index (Phi) is 1.57. The monoisotopic (exact) mass is 120 g/mol. The lowest BCUT2D eigenvalue weighted by Gasteiger charge is -2.00. The number of aliphatic hydroxyl groups is 1. The van der Waals surface area contributed by atoms with Gasteiger partial charge in [0.1, 0.15) is 0 Å². The van der Waals surface area contributed by atoms with E-state index in [9.17, 15) is 0 Å². The first kappa shape index (κ1) is 5.41. The van der Waals surface area contributed by atoms with E-state index in [0.717, 1.165) is 0 Å². The van der Waals surface area contributed by atoms with Crippen molar-refractivity contribution >= 4 is 12.6 Å². The van der Waals surface area contributed by atoms with Crippen LogP contribution in [0.1, 0.15) is 0 Å². The molecule has 1 aliphatic rings. The zero-order valence-electron chi connectivity index (χ0n) is 3.87. The van der Waals surface area contributed by atoms with Crippen LogP contribution in [0.3, 0.4) is 0 Å². The summed E-state index contributed by atoms with van der Waals surface area (Å²) in [7, 11) is 0. The Morgan fingerprint density at radius 2 is 2.29 bits per heavy atom. The van der Waals surface area contributed by atoms with E-state index in [0.29, 0.717) is 13.2 Å². The average molecular weight is 120 g/mol. The fraction of sp³-hybridized carbons (Fsp3) is 1.00. The Bertz CT molecular complexity index is 58.7. The van der Waals surface area contributed by atoms with Crippen molar-refractivity contribution in [1.29, 1.82) is 0 Å². The minimum Gasteiger partial charge on any atom is -0.389 e. The molecule has 0 aromatic rings. The van der Waals surface area contributed by atoms with Gasteiger partial charge in [-0.3, -0.25) is 0 Å². The van der Waals surface area contributed by atoms with Crippen LogP contribution in [0.4, 0.5) is 0 Å². The molecule has 2 atom stereocenters. The maximum Gasteiger partial charge on any atom is 0.0911 e. The standard InChI is InChI=1S/C4H8O2S/c5-3-1-6-2-4(3)7/h3-5,7H,1-2H2. The van der Waals surface area contributed by atoms with E-state index in [1.165, 1.54) is 0 Å². The van der Waals surface area contributed by atoms with Gasteiger partial charge in [0.25, 0.3) is 0 Å².